The van der Waals surface area contributed by atoms with Crippen LogP contribution in [0.25, 0.3) is 0 Å². The van der Waals surface area contributed by atoms with Gasteiger partial charge in [-0.05, 0) is 47.9 Å². The van der Waals surface area contributed by atoms with Gasteiger partial charge in [-0.15, -0.1) is 0 Å². The molecule has 1 aromatic heterocycles. The largest absolute Gasteiger partial charge is 0.366 e. The second-order valence-electron chi connectivity index (χ2n) is 6.01. The lowest BCUT2D eigenvalue weighted by molar-refractivity contribution is 0.0953. The molecule has 0 radical (unpaired) electrons. The normalized spacial score (nSPS) is 10.4. The topological polar surface area (TPSA) is 54.0 Å². The summed E-state index contributed by atoms with van der Waals surface area (Å²) in [5, 5.41) is 5.87. The van der Waals surface area contributed by atoms with E-state index in [4.69, 9.17) is 0 Å². The first-order valence-corrected chi connectivity index (χ1v) is 8.58. The van der Waals surface area contributed by atoms with E-state index in [2.05, 4.69) is 15.6 Å². The number of carbonyl (C=O) groups excluding carboxylic acids is 1. The SMILES string of the molecule is O=C(NCCc1ccccc1F)c1ccc(NCc2ccc(F)cc2)nc1. The van der Waals surface area contributed by atoms with Gasteiger partial charge in [0, 0.05) is 19.3 Å². The molecule has 27 heavy (non-hydrogen) atoms. The van der Waals surface area contributed by atoms with E-state index in [0.29, 0.717) is 36.5 Å². The second kappa shape index (κ2) is 8.89. The average molecular weight is 367 g/mol. The van der Waals surface area contributed by atoms with E-state index in [0.717, 1.165) is 5.56 Å². The van der Waals surface area contributed by atoms with E-state index in [1.165, 1.54) is 24.4 Å². The zero-order valence-electron chi connectivity index (χ0n) is 14.6. The smallest absolute Gasteiger partial charge is 0.252 e. The fourth-order valence-corrected chi connectivity index (χ4v) is 2.54. The standard InChI is InChI=1S/C21H19F2N3O/c22-18-8-5-15(6-9-18)13-25-20-10-7-17(14-26-20)21(27)24-12-11-16-3-1-2-4-19(16)23/h1-10,14H,11-13H2,(H,24,27)(H,25,26). The lowest BCUT2D eigenvalue weighted by Crippen LogP contribution is -2.26. The fourth-order valence-electron chi connectivity index (χ4n) is 2.54. The zero-order valence-corrected chi connectivity index (χ0v) is 14.6. The van der Waals surface area contributed by atoms with Crippen molar-refractivity contribution in [1.82, 2.24) is 10.3 Å². The van der Waals surface area contributed by atoms with Crippen LogP contribution in [-0.4, -0.2) is 17.4 Å². The minimum Gasteiger partial charge on any atom is -0.366 e. The summed E-state index contributed by atoms with van der Waals surface area (Å²) in [5.74, 6) is -0.196. The molecule has 4 nitrogen and oxygen atoms in total. The molecule has 0 spiro atoms. The monoisotopic (exact) mass is 367 g/mol. The number of nitrogens with one attached hydrogen (secondary N) is 2. The molecule has 0 unspecified atom stereocenters. The minimum atomic E-state index is -0.276. The molecule has 0 saturated carbocycles. The Morgan fingerprint density at radius 2 is 1.74 bits per heavy atom. The van der Waals surface area contributed by atoms with Crippen LogP contribution in [-0.2, 0) is 13.0 Å². The van der Waals surface area contributed by atoms with Gasteiger partial charge in [0.15, 0.2) is 0 Å². The summed E-state index contributed by atoms with van der Waals surface area (Å²) in [6.07, 6.45) is 1.90. The molecule has 138 valence electrons. The number of halogens is 2. The van der Waals surface area contributed by atoms with E-state index >= 15 is 0 Å². The van der Waals surface area contributed by atoms with Crippen molar-refractivity contribution in [2.75, 3.05) is 11.9 Å². The number of anilines is 1. The van der Waals surface area contributed by atoms with Crippen molar-refractivity contribution >= 4 is 11.7 Å². The third-order valence-electron chi connectivity index (χ3n) is 4.05. The molecule has 0 fully saturated rings. The molecule has 6 heteroatoms. The predicted octanol–water partition coefficient (Wildman–Crippen LogP) is 3.94. The first-order chi connectivity index (χ1) is 13.1. The minimum absolute atomic E-state index is 0.260. The Labute approximate surface area is 156 Å². The molecular weight excluding hydrogens is 348 g/mol. The Balaban J connectivity index is 1.48. The number of benzene rings is 2. The number of nitrogens with zero attached hydrogens (tertiary/aromatic N) is 1. The van der Waals surface area contributed by atoms with Crippen LogP contribution in [0.4, 0.5) is 14.6 Å². The molecule has 3 rings (SSSR count). The van der Waals surface area contributed by atoms with E-state index in [1.807, 2.05) is 0 Å². The summed E-state index contributed by atoms with van der Waals surface area (Å²) < 4.78 is 26.4. The molecule has 0 atom stereocenters. The molecule has 3 aromatic rings. The number of pyridine rings is 1. The fraction of sp³-hybridized carbons (Fsp3) is 0.143. The van der Waals surface area contributed by atoms with Crippen molar-refractivity contribution in [3.05, 3.63) is 95.2 Å². The Bertz CT molecular complexity index is 896. The number of aromatic nitrogens is 1. The highest BCUT2D eigenvalue weighted by atomic mass is 19.1. The molecule has 0 aliphatic rings. The average Bonchev–Trinajstić information content (AvgIpc) is 2.69. The van der Waals surface area contributed by atoms with Crippen LogP contribution in [0.2, 0.25) is 0 Å². The number of rotatable bonds is 7. The second-order valence-corrected chi connectivity index (χ2v) is 6.01. The van der Waals surface area contributed by atoms with Crippen LogP contribution >= 0.6 is 0 Å². The Kier molecular flexibility index (Phi) is 6.10. The van der Waals surface area contributed by atoms with Gasteiger partial charge in [0.05, 0.1) is 5.56 Å². The zero-order chi connectivity index (χ0) is 19.1. The van der Waals surface area contributed by atoms with Gasteiger partial charge < -0.3 is 10.6 Å². The predicted molar refractivity (Wildman–Crippen MR) is 100 cm³/mol. The third-order valence-corrected chi connectivity index (χ3v) is 4.05. The summed E-state index contributed by atoms with van der Waals surface area (Å²) >= 11 is 0. The van der Waals surface area contributed by atoms with Crippen LogP contribution in [0.3, 0.4) is 0 Å². The van der Waals surface area contributed by atoms with E-state index in [-0.39, 0.29) is 17.5 Å². The Morgan fingerprint density at radius 3 is 2.44 bits per heavy atom. The molecule has 0 bridgehead atoms. The number of amides is 1. The number of hydrogen-bond donors (Lipinski definition) is 2. The van der Waals surface area contributed by atoms with Crippen molar-refractivity contribution in [3.63, 3.8) is 0 Å². The Hall–Kier alpha value is -3.28. The summed E-state index contributed by atoms with van der Waals surface area (Å²) in [6.45, 7) is 0.839. The quantitative estimate of drug-likeness (QED) is 0.665. The lowest BCUT2D eigenvalue weighted by atomic mass is 10.1. The molecule has 1 amide bonds. The highest BCUT2D eigenvalue weighted by Gasteiger charge is 2.07. The van der Waals surface area contributed by atoms with Crippen LogP contribution in [0.5, 0.6) is 0 Å². The van der Waals surface area contributed by atoms with Gasteiger partial charge >= 0.3 is 0 Å². The van der Waals surface area contributed by atoms with Gasteiger partial charge in [-0.25, -0.2) is 13.8 Å². The third kappa shape index (κ3) is 5.34. The van der Waals surface area contributed by atoms with E-state index < -0.39 is 0 Å². The molecular formula is C21H19F2N3O. The van der Waals surface area contributed by atoms with E-state index in [1.54, 1.807) is 42.5 Å². The van der Waals surface area contributed by atoms with Crippen LogP contribution in [0.15, 0.2) is 66.9 Å². The van der Waals surface area contributed by atoms with Crippen LogP contribution < -0.4 is 10.6 Å². The molecule has 2 aromatic carbocycles. The van der Waals surface area contributed by atoms with Gasteiger partial charge in [0.2, 0.25) is 0 Å². The van der Waals surface area contributed by atoms with Crippen molar-refractivity contribution in [2.24, 2.45) is 0 Å². The van der Waals surface area contributed by atoms with Gasteiger partial charge in [-0.2, -0.15) is 0 Å². The van der Waals surface area contributed by atoms with Crippen molar-refractivity contribution in [2.45, 2.75) is 13.0 Å². The maximum Gasteiger partial charge on any atom is 0.252 e. The molecule has 1 heterocycles. The van der Waals surface area contributed by atoms with E-state index in [9.17, 15) is 13.6 Å². The summed E-state index contributed by atoms with van der Waals surface area (Å²) in [4.78, 5) is 16.3. The van der Waals surface area contributed by atoms with Gasteiger partial charge in [-0.3, -0.25) is 4.79 Å². The summed E-state index contributed by atoms with van der Waals surface area (Å²) in [7, 11) is 0. The maximum absolute atomic E-state index is 13.5. The first-order valence-electron chi connectivity index (χ1n) is 8.58. The van der Waals surface area contributed by atoms with Crippen molar-refractivity contribution in [3.8, 4) is 0 Å². The molecule has 0 saturated heterocycles. The van der Waals surface area contributed by atoms with Crippen LogP contribution in [0, 0.1) is 11.6 Å². The summed E-state index contributed by atoms with van der Waals surface area (Å²) in [5.41, 5.74) is 1.92. The van der Waals surface area contributed by atoms with Crippen molar-refractivity contribution < 1.29 is 13.6 Å². The highest BCUT2D eigenvalue weighted by Crippen LogP contribution is 2.09. The summed E-state index contributed by atoms with van der Waals surface area (Å²) in [6, 6.07) is 16.1. The molecule has 0 aliphatic carbocycles. The van der Waals surface area contributed by atoms with Gasteiger partial charge in [-0.1, -0.05) is 30.3 Å². The lowest BCUT2D eigenvalue weighted by Gasteiger charge is -2.08. The number of carbonyl (C=O) groups is 1. The van der Waals surface area contributed by atoms with Crippen molar-refractivity contribution in [1.29, 1.82) is 0 Å². The first kappa shape index (κ1) is 18.5. The molecule has 0 aliphatic heterocycles. The Morgan fingerprint density at radius 1 is 0.963 bits per heavy atom. The van der Waals surface area contributed by atoms with Gasteiger partial charge in [0.25, 0.3) is 5.91 Å². The highest BCUT2D eigenvalue weighted by molar-refractivity contribution is 5.94. The maximum atomic E-state index is 13.5. The molecule has 2 N–H and O–H groups in total. The van der Waals surface area contributed by atoms with Crippen LogP contribution in [0.1, 0.15) is 21.5 Å². The number of hydrogen-bond acceptors (Lipinski definition) is 3. The van der Waals surface area contributed by atoms with Gasteiger partial charge in [0.1, 0.15) is 17.5 Å².